The minimum absolute atomic E-state index is 0.229. The summed E-state index contributed by atoms with van der Waals surface area (Å²) in [5.74, 6) is -0.247. The number of aromatic carboxylic acids is 1. The number of benzene rings is 2. The van der Waals surface area contributed by atoms with Gasteiger partial charge in [-0.1, -0.05) is 72.8 Å². The lowest BCUT2D eigenvalue weighted by molar-refractivity contribution is 0.0696. The molecule has 2 fully saturated rings. The van der Waals surface area contributed by atoms with Crippen LogP contribution < -0.4 is 0 Å². The van der Waals surface area contributed by atoms with E-state index in [0.717, 1.165) is 31.2 Å². The van der Waals surface area contributed by atoms with E-state index in [-0.39, 0.29) is 12.2 Å². The van der Waals surface area contributed by atoms with E-state index in [0.29, 0.717) is 23.8 Å². The van der Waals surface area contributed by atoms with Crippen LogP contribution in [0.1, 0.15) is 47.2 Å². The number of ether oxygens (including phenoxy) is 1. The molecule has 2 aromatic rings. The molecule has 0 saturated carbocycles. The van der Waals surface area contributed by atoms with Gasteiger partial charge in [-0.15, -0.1) is 0 Å². The van der Waals surface area contributed by atoms with Crippen molar-refractivity contribution in [2.75, 3.05) is 0 Å². The predicted molar refractivity (Wildman–Crippen MR) is 122 cm³/mol. The van der Waals surface area contributed by atoms with E-state index < -0.39 is 12.1 Å². The maximum absolute atomic E-state index is 11.4. The number of fused-ring (bicyclic) bond motifs is 2. The fourth-order valence-electron chi connectivity index (χ4n) is 4.89. The minimum atomic E-state index is -0.909. The summed E-state index contributed by atoms with van der Waals surface area (Å²) in [4.78, 5) is 11.4. The standard InChI is InChI=1S/C27H30O4/c28-21(14-13-19-7-2-1-3-8-19)15-16-24-23(25-17-18-26(24)31-25)12-6-10-20-9-4-5-11-22(20)27(29)30/h1-11,15-16,21,23-26,28H,12-14,17-18H2,(H,29,30)/t21?,23-,24-,25-,26+/m1/s1. The second-order valence-electron chi connectivity index (χ2n) is 8.54. The first-order valence-corrected chi connectivity index (χ1v) is 11.2. The zero-order chi connectivity index (χ0) is 21.6. The van der Waals surface area contributed by atoms with Gasteiger partial charge in [0.25, 0.3) is 0 Å². The first-order valence-electron chi connectivity index (χ1n) is 11.2. The molecule has 162 valence electrons. The highest BCUT2D eigenvalue weighted by molar-refractivity contribution is 5.92. The molecule has 2 bridgehead atoms. The number of aliphatic hydroxyl groups is 1. The summed E-state index contributed by atoms with van der Waals surface area (Å²) in [5.41, 5.74) is 2.28. The summed E-state index contributed by atoms with van der Waals surface area (Å²) in [6.07, 6.45) is 12.6. The van der Waals surface area contributed by atoms with Gasteiger partial charge < -0.3 is 14.9 Å². The van der Waals surface area contributed by atoms with Gasteiger partial charge >= 0.3 is 5.97 Å². The number of hydrogen-bond donors (Lipinski definition) is 2. The monoisotopic (exact) mass is 418 g/mol. The van der Waals surface area contributed by atoms with Crippen LogP contribution in [-0.2, 0) is 11.2 Å². The molecule has 2 aromatic carbocycles. The Kier molecular flexibility index (Phi) is 7.00. The van der Waals surface area contributed by atoms with Crippen molar-refractivity contribution in [2.45, 2.75) is 50.4 Å². The number of aliphatic hydroxyl groups excluding tert-OH is 1. The predicted octanol–water partition coefficient (Wildman–Crippen LogP) is 5.13. The van der Waals surface area contributed by atoms with E-state index in [9.17, 15) is 15.0 Å². The van der Waals surface area contributed by atoms with Gasteiger partial charge in [0.2, 0.25) is 0 Å². The normalized spacial score (nSPS) is 26.1. The van der Waals surface area contributed by atoms with Crippen molar-refractivity contribution in [1.29, 1.82) is 0 Å². The fraction of sp³-hybridized carbons (Fsp3) is 0.370. The van der Waals surface area contributed by atoms with Crippen LogP contribution in [0.3, 0.4) is 0 Å². The fourth-order valence-corrected chi connectivity index (χ4v) is 4.89. The zero-order valence-electron chi connectivity index (χ0n) is 17.6. The molecule has 2 saturated heterocycles. The van der Waals surface area contributed by atoms with Crippen LogP contribution in [0.25, 0.3) is 6.08 Å². The lowest BCUT2D eigenvalue weighted by atomic mass is 9.77. The molecule has 0 aliphatic carbocycles. The van der Waals surface area contributed by atoms with Crippen LogP contribution in [0, 0.1) is 11.8 Å². The van der Waals surface area contributed by atoms with Gasteiger partial charge in [0.1, 0.15) is 0 Å². The van der Waals surface area contributed by atoms with Gasteiger partial charge in [-0.05, 0) is 55.2 Å². The SMILES string of the molecule is O=C(O)c1ccccc1C=CC[C@@H]1[C@@H](C=CC(O)CCc2ccccc2)[C@@H]2CC[C@H]1O2. The second-order valence-corrected chi connectivity index (χ2v) is 8.54. The number of rotatable bonds is 9. The van der Waals surface area contributed by atoms with Gasteiger partial charge in [0.05, 0.1) is 23.9 Å². The largest absolute Gasteiger partial charge is 0.478 e. The summed E-state index contributed by atoms with van der Waals surface area (Å²) >= 11 is 0. The van der Waals surface area contributed by atoms with Crippen LogP contribution in [0.4, 0.5) is 0 Å². The number of carbonyl (C=O) groups is 1. The first kappa shape index (κ1) is 21.5. The summed E-state index contributed by atoms with van der Waals surface area (Å²) in [7, 11) is 0. The summed E-state index contributed by atoms with van der Waals surface area (Å²) in [6, 6.07) is 17.3. The molecule has 2 N–H and O–H groups in total. The number of carboxylic acid groups (broad SMARTS) is 1. The van der Waals surface area contributed by atoms with Gasteiger partial charge in [0, 0.05) is 5.92 Å². The van der Waals surface area contributed by atoms with E-state index in [2.05, 4.69) is 24.3 Å². The van der Waals surface area contributed by atoms with Crippen molar-refractivity contribution >= 4 is 12.0 Å². The van der Waals surface area contributed by atoms with E-state index in [4.69, 9.17) is 4.74 Å². The van der Waals surface area contributed by atoms with Crippen LogP contribution in [0.2, 0.25) is 0 Å². The molecule has 0 spiro atoms. The van der Waals surface area contributed by atoms with Crippen molar-refractivity contribution in [1.82, 2.24) is 0 Å². The number of hydrogen-bond acceptors (Lipinski definition) is 3. The molecule has 4 nitrogen and oxygen atoms in total. The topological polar surface area (TPSA) is 66.8 Å². The van der Waals surface area contributed by atoms with E-state index >= 15 is 0 Å². The molecule has 0 radical (unpaired) electrons. The Labute approximate surface area is 183 Å². The molecule has 2 aliphatic rings. The van der Waals surface area contributed by atoms with Crippen molar-refractivity contribution in [3.8, 4) is 0 Å². The lowest BCUT2D eigenvalue weighted by Gasteiger charge is -2.25. The molecule has 4 heteroatoms. The molecular weight excluding hydrogens is 388 g/mol. The maximum Gasteiger partial charge on any atom is 0.336 e. The molecule has 0 amide bonds. The molecule has 2 heterocycles. The highest BCUT2D eigenvalue weighted by Crippen LogP contribution is 2.46. The third-order valence-electron chi connectivity index (χ3n) is 6.51. The van der Waals surface area contributed by atoms with Crippen molar-refractivity contribution in [3.05, 3.63) is 89.5 Å². The molecule has 31 heavy (non-hydrogen) atoms. The lowest BCUT2D eigenvalue weighted by Crippen LogP contribution is -2.25. The average Bonchev–Trinajstić information content (AvgIpc) is 3.39. The molecule has 0 aromatic heterocycles. The molecule has 2 aliphatic heterocycles. The van der Waals surface area contributed by atoms with Crippen molar-refractivity contribution in [3.63, 3.8) is 0 Å². The van der Waals surface area contributed by atoms with E-state index in [1.165, 1.54) is 5.56 Å². The van der Waals surface area contributed by atoms with Gasteiger partial charge in [0.15, 0.2) is 0 Å². The Bertz CT molecular complexity index is 933. The highest BCUT2D eigenvalue weighted by atomic mass is 16.5. The number of allylic oxidation sites excluding steroid dienone is 1. The van der Waals surface area contributed by atoms with Crippen molar-refractivity contribution < 1.29 is 19.7 Å². The third kappa shape index (κ3) is 5.33. The van der Waals surface area contributed by atoms with Gasteiger partial charge in [-0.25, -0.2) is 4.79 Å². The summed E-state index contributed by atoms with van der Waals surface area (Å²) < 4.78 is 6.16. The Balaban J connectivity index is 1.36. The second kappa shape index (κ2) is 10.1. The van der Waals surface area contributed by atoms with Crippen molar-refractivity contribution in [2.24, 2.45) is 11.8 Å². The average molecular weight is 419 g/mol. The number of aryl methyl sites for hydroxylation is 1. The molecule has 1 unspecified atom stereocenters. The Hall–Kier alpha value is -2.69. The van der Waals surface area contributed by atoms with Gasteiger partial charge in [-0.3, -0.25) is 0 Å². The Morgan fingerprint density at radius 1 is 1.06 bits per heavy atom. The maximum atomic E-state index is 11.4. The van der Waals surface area contributed by atoms with E-state index in [1.54, 1.807) is 12.1 Å². The minimum Gasteiger partial charge on any atom is -0.478 e. The third-order valence-corrected chi connectivity index (χ3v) is 6.51. The Morgan fingerprint density at radius 3 is 2.61 bits per heavy atom. The first-order chi connectivity index (χ1) is 15.1. The summed E-state index contributed by atoms with van der Waals surface area (Å²) in [5, 5.41) is 19.8. The number of carboxylic acids is 1. The van der Waals surface area contributed by atoms with E-state index in [1.807, 2.05) is 42.5 Å². The van der Waals surface area contributed by atoms with Crippen LogP contribution >= 0.6 is 0 Å². The molecule has 5 atom stereocenters. The molecule has 4 rings (SSSR count). The van der Waals surface area contributed by atoms with Crippen LogP contribution in [0.5, 0.6) is 0 Å². The zero-order valence-corrected chi connectivity index (χ0v) is 17.6. The van der Waals surface area contributed by atoms with Gasteiger partial charge in [-0.2, -0.15) is 0 Å². The molecular formula is C27H30O4. The highest BCUT2D eigenvalue weighted by Gasteiger charge is 2.46. The Morgan fingerprint density at radius 2 is 1.81 bits per heavy atom. The summed E-state index contributed by atoms with van der Waals surface area (Å²) in [6.45, 7) is 0. The smallest absolute Gasteiger partial charge is 0.336 e. The van der Waals surface area contributed by atoms with Crippen LogP contribution in [-0.4, -0.2) is 34.5 Å². The van der Waals surface area contributed by atoms with Crippen LogP contribution in [0.15, 0.2) is 72.8 Å². The quantitative estimate of drug-likeness (QED) is 0.554.